The summed E-state index contributed by atoms with van der Waals surface area (Å²) in [5.41, 5.74) is 4.03. The molecule has 1 aromatic heterocycles. The Hall–Kier alpha value is -3.72. The fraction of sp³-hybridized carbons (Fsp3) is 0.500. The summed E-state index contributed by atoms with van der Waals surface area (Å²) in [5, 5.41) is 26.3. The van der Waals surface area contributed by atoms with Gasteiger partial charge >= 0.3 is 6.09 Å². The maximum atomic E-state index is 15.8. The van der Waals surface area contributed by atoms with E-state index in [1.807, 2.05) is 26.8 Å². The molecule has 1 aliphatic heterocycles. The summed E-state index contributed by atoms with van der Waals surface area (Å²) in [6.45, 7) is 5.74. The average molecular weight is 505 g/mol. The summed E-state index contributed by atoms with van der Waals surface area (Å²) < 4.78 is 36.3. The molecule has 3 rings (SSSR count). The number of hydrogen-bond acceptors (Lipinski definition) is 7. The zero-order chi connectivity index (χ0) is 26.8. The number of aromatic hydroxyl groups is 1. The lowest BCUT2D eigenvalue weighted by Gasteiger charge is -2.43. The fourth-order valence-corrected chi connectivity index (χ4v) is 4.41. The van der Waals surface area contributed by atoms with Gasteiger partial charge in [0.05, 0.1) is 19.6 Å². The monoisotopic (exact) mass is 504 g/mol. The zero-order valence-corrected chi connectivity index (χ0v) is 20.6. The van der Waals surface area contributed by atoms with Gasteiger partial charge in [-0.2, -0.15) is 10.4 Å². The Kier molecular flexibility index (Phi) is 7.54. The summed E-state index contributed by atoms with van der Waals surface area (Å²) in [4.78, 5) is 25.2. The highest BCUT2D eigenvalue weighted by atomic mass is 19.1. The largest absolute Gasteiger partial charge is 0.508 e. The van der Waals surface area contributed by atoms with E-state index >= 15 is 4.39 Å². The van der Waals surface area contributed by atoms with E-state index in [1.54, 1.807) is 4.90 Å². The molecule has 2 aromatic rings. The SMILES string of the molecule is COC(=O)Nc1nn(C2(CC#N)CCN(Cc3cc(O)c(C(C)(C)C)cc3F)CC2F)cc1C(N)=O. The van der Waals surface area contributed by atoms with E-state index in [0.29, 0.717) is 5.56 Å². The molecule has 4 N–H and O–H groups in total. The van der Waals surface area contributed by atoms with Crippen molar-refractivity contribution in [1.82, 2.24) is 14.7 Å². The lowest BCUT2D eigenvalue weighted by Crippen LogP contribution is -2.54. The molecule has 1 aliphatic rings. The van der Waals surface area contributed by atoms with E-state index in [2.05, 4.69) is 15.2 Å². The molecule has 1 fully saturated rings. The number of primary amides is 1. The minimum atomic E-state index is -1.64. The molecule has 1 aromatic carbocycles. The molecule has 0 bridgehead atoms. The number of likely N-dealkylation sites (tertiary alicyclic amines) is 1. The number of nitrogens with zero attached hydrogens (tertiary/aromatic N) is 4. The summed E-state index contributed by atoms with van der Waals surface area (Å²) in [5.74, 6) is -1.65. The average Bonchev–Trinajstić information content (AvgIpc) is 3.21. The molecule has 0 radical (unpaired) electrons. The first-order chi connectivity index (χ1) is 16.8. The lowest BCUT2D eigenvalue weighted by atomic mass is 9.83. The van der Waals surface area contributed by atoms with Crippen LogP contribution in [0.25, 0.3) is 0 Å². The van der Waals surface area contributed by atoms with Gasteiger partial charge in [0.15, 0.2) is 5.82 Å². The molecule has 2 heterocycles. The Morgan fingerprint density at radius 2 is 2.11 bits per heavy atom. The molecule has 36 heavy (non-hydrogen) atoms. The lowest BCUT2D eigenvalue weighted by molar-refractivity contribution is 0.00657. The number of methoxy groups -OCH3 is 1. The maximum absolute atomic E-state index is 15.8. The fourth-order valence-electron chi connectivity index (χ4n) is 4.41. The van der Waals surface area contributed by atoms with E-state index in [4.69, 9.17) is 5.73 Å². The van der Waals surface area contributed by atoms with Crippen molar-refractivity contribution in [3.8, 4) is 11.8 Å². The van der Waals surface area contributed by atoms with Gasteiger partial charge in [-0.3, -0.25) is 19.7 Å². The van der Waals surface area contributed by atoms with Crippen molar-refractivity contribution in [3.63, 3.8) is 0 Å². The Bertz CT molecular complexity index is 1200. The smallest absolute Gasteiger partial charge is 0.412 e. The van der Waals surface area contributed by atoms with Crippen molar-refractivity contribution in [2.24, 2.45) is 5.73 Å². The van der Waals surface area contributed by atoms with Crippen LogP contribution in [0.1, 0.15) is 55.1 Å². The van der Waals surface area contributed by atoms with Gasteiger partial charge in [-0.25, -0.2) is 13.6 Å². The van der Waals surface area contributed by atoms with Crippen molar-refractivity contribution in [1.29, 1.82) is 5.26 Å². The number of amides is 2. The third kappa shape index (κ3) is 5.26. The topological polar surface area (TPSA) is 146 Å². The number of nitrogens with one attached hydrogen (secondary N) is 1. The molecule has 2 atom stereocenters. The first-order valence-corrected chi connectivity index (χ1v) is 11.3. The van der Waals surface area contributed by atoms with Crippen molar-refractivity contribution in [3.05, 3.63) is 40.8 Å². The van der Waals surface area contributed by atoms with Crippen LogP contribution in [0.15, 0.2) is 18.3 Å². The first-order valence-electron chi connectivity index (χ1n) is 11.3. The van der Waals surface area contributed by atoms with Gasteiger partial charge in [0.25, 0.3) is 5.91 Å². The Balaban J connectivity index is 1.87. The number of carbonyl (C=O) groups excluding carboxylic acids is 2. The Morgan fingerprint density at radius 1 is 1.42 bits per heavy atom. The van der Waals surface area contributed by atoms with E-state index < -0.39 is 34.9 Å². The van der Waals surface area contributed by atoms with Crippen molar-refractivity contribution in [2.45, 2.75) is 57.3 Å². The number of hydrogen-bond donors (Lipinski definition) is 3. The zero-order valence-electron chi connectivity index (χ0n) is 20.6. The molecular weight excluding hydrogens is 474 g/mol. The van der Waals surface area contributed by atoms with E-state index in [0.717, 1.165) is 11.8 Å². The van der Waals surface area contributed by atoms with Gasteiger partial charge in [-0.15, -0.1) is 0 Å². The number of aromatic nitrogens is 2. The van der Waals surface area contributed by atoms with Gasteiger partial charge in [0.2, 0.25) is 0 Å². The van der Waals surface area contributed by atoms with Crippen LogP contribution in [0.3, 0.4) is 0 Å². The third-order valence-corrected chi connectivity index (χ3v) is 6.46. The van der Waals surface area contributed by atoms with Crippen molar-refractivity contribution >= 4 is 17.8 Å². The van der Waals surface area contributed by atoms with E-state index in [-0.39, 0.29) is 55.2 Å². The molecule has 2 amide bonds. The third-order valence-electron chi connectivity index (χ3n) is 6.46. The normalized spacial score (nSPS) is 20.5. The van der Waals surface area contributed by atoms with Crippen molar-refractivity contribution < 1.29 is 28.2 Å². The van der Waals surface area contributed by atoms with Gasteiger partial charge in [0, 0.05) is 37.0 Å². The van der Waals surface area contributed by atoms with Gasteiger partial charge in [-0.1, -0.05) is 20.8 Å². The highest BCUT2D eigenvalue weighted by Gasteiger charge is 2.47. The van der Waals surface area contributed by atoms with Crippen LogP contribution in [0.2, 0.25) is 0 Å². The van der Waals surface area contributed by atoms with Crippen LogP contribution >= 0.6 is 0 Å². The van der Waals surface area contributed by atoms with Crippen LogP contribution < -0.4 is 11.1 Å². The number of benzene rings is 1. The van der Waals surface area contributed by atoms with Crippen LogP contribution in [0, 0.1) is 17.1 Å². The second-order valence-corrected chi connectivity index (χ2v) is 9.92. The number of phenolic OH excluding ortho intramolecular Hbond substituents is 1. The van der Waals surface area contributed by atoms with Crippen LogP contribution in [0.4, 0.5) is 19.4 Å². The van der Waals surface area contributed by atoms with Gasteiger partial charge < -0.3 is 15.6 Å². The first kappa shape index (κ1) is 26.9. The molecule has 12 heteroatoms. The Labute approximate surface area is 207 Å². The highest BCUT2D eigenvalue weighted by molar-refractivity contribution is 6.00. The standard InChI is InChI=1S/C24H30F2N6O4/c1-23(2,3)16-10-17(25)14(9-18(16)33)11-31-8-6-24(5-7-27,19(26)13-31)32-12-15(20(28)34)21(30-32)29-22(35)36-4/h9-10,12,19,33H,5-6,8,11,13H2,1-4H3,(H2,28,34)(H,29,30,35). The van der Waals surface area contributed by atoms with Crippen molar-refractivity contribution in [2.75, 3.05) is 25.5 Å². The molecule has 0 spiro atoms. The summed E-state index contributed by atoms with van der Waals surface area (Å²) in [6, 6.07) is 4.63. The van der Waals surface area contributed by atoms with Crippen LogP contribution in [-0.4, -0.2) is 58.2 Å². The number of anilines is 1. The number of piperidine rings is 1. The minimum absolute atomic E-state index is 0.0345. The number of carbonyl (C=O) groups is 2. The molecule has 10 nitrogen and oxygen atoms in total. The Morgan fingerprint density at radius 3 is 2.67 bits per heavy atom. The molecule has 0 saturated carbocycles. The molecule has 1 saturated heterocycles. The second-order valence-electron chi connectivity index (χ2n) is 9.92. The quantitative estimate of drug-likeness (QED) is 0.548. The number of phenols is 1. The number of nitriles is 1. The summed E-state index contributed by atoms with van der Waals surface area (Å²) >= 11 is 0. The number of alkyl halides is 1. The van der Waals surface area contributed by atoms with Gasteiger partial charge in [0.1, 0.15) is 28.8 Å². The predicted molar refractivity (Wildman–Crippen MR) is 127 cm³/mol. The van der Waals surface area contributed by atoms with E-state index in [9.17, 15) is 24.3 Å². The summed E-state index contributed by atoms with van der Waals surface area (Å²) in [7, 11) is 1.12. The number of ether oxygens (including phenoxy) is 1. The predicted octanol–water partition coefficient (Wildman–Crippen LogP) is 3.16. The molecule has 0 aliphatic carbocycles. The minimum Gasteiger partial charge on any atom is -0.508 e. The van der Waals surface area contributed by atoms with Crippen LogP contribution in [0.5, 0.6) is 5.75 Å². The maximum Gasteiger partial charge on any atom is 0.412 e. The molecule has 2 unspecified atom stereocenters. The number of nitrogens with two attached hydrogens (primary N) is 1. The van der Waals surface area contributed by atoms with Crippen LogP contribution in [-0.2, 0) is 22.2 Å². The summed E-state index contributed by atoms with van der Waals surface area (Å²) in [6.07, 6.45) is -1.49. The van der Waals surface area contributed by atoms with Gasteiger partial charge in [-0.05, 0) is 24.0 Å². The second kappa shape index (κ2) is 10.1. The van der Waals surface area contributed by atoms with E-state index in [1.165, 1.54) is 18.3 Å². The molecule has 194 valence electrons. The highest BCUT2D eigenvalue weighted by Crippen LogP contribution is 2.38. The molecular formula is C24H30F2N6O4. The number of rotatable bonds is 6. The number of halogens is 2.